The minimum Gasteiger partial charge on any atom is -0.478 e. The molecule has 6 heteroatoms. The number of hydrogen-bond donors (Lipinski definition) is 2. The monoisotopic (exact) mass is 337 g/mol. The molecule has 2 aromatic rings. The van der Waals surface area contributed by atoms with Gasteiger partial charge in [-0.15, -0.1) is 0 Å². The Kier molecular flexibility index (Phi) is 3.94. The van der Waals surface area contributed by atoms with Crippen molar-refractivity contribution in [1.29, 1.82) is 0 Å². The lowest BCUT2D eigenvalue weighted by Crippen LogP contribution is -2.13. The molecule has 0 radical (unpaired) electrons. The molecule has 0 bridgehead atoms. The van der Waals surface area contributed by atoms with Gasteiger partial charge in [-0.2, -0.15) is 0 Å². The third kappa shape index (κ3) is 2.75. The number of carboxylic acids is 1. The summed E-state index contributed by atoms with van der Waals surface area (Å²) < 4.78 is 5.99. The fourth-order valence-electron chi connectivity index (χ4n) is 1.81. The molecule has 2 N–H and O–H groups in total. The van der Waals surface area contributed by atoms with Gasteiger partial charge in [0.05, 0.1) is 15.6 Å². The minimum absolute atomic E-state index is 0.166. The Morgan fingerprint density at radius 1 is 1.15 bits per heavy atom. The largest absolute Gasteiger partial charge is 0.478 e. The van der Waals surface area contributed by atoms with Crippen molar-refractivity contribution >= 4 is 33.5 Å². The Morgan fingerprint density at radius 3 is 2.20 bits per heavy atom. The number of furan rings is 1. The number of anilines is 1. The van der Waals surface area contributed by atoms with Crippen molar-refractivity contribution < 1.29 is 19.1 Å². The third-order valence-electron chi connectivity index (χ3n) is 2.80. The Labute approximate surface area is 123 Å². The molecule has 5 nitrogen and oxygen atoms in total. The highest BCUT2D eigenvalue weighted by molar-refractivity contribution is 9.10. The second-order valence-electron chi connectivity index (χ2n) is 4.24. The van der Waals surface area contributed by atoms with Gasteiger partial charge in [0.1, 0.15) is 11.5 Å². The van der Waals surface area contributed by atoms with E-state index in [-0.39, 0.29) is 11.5 Å². The number of carbonyl (C=O) groups is 2. The molecular weight excluding hydrogens is 326 g/mol. The molecule has 0 fully saturated rings. The minimum atomic E-state index is -1.01. The van der Waals surface area contributed by atoms with E-state index in [0.717, 1.165) is 0 Å². The number of rotatable bonds is 3. The smallest absolute Gasteiger partial charge is 0.335 e. The number of aromatic carboxylic acids is 1. The highest BCUT2D eigenvalue weighted by Crippen LogP contribution is 2.28. The zero-order valence-electron chi connectivity index (χ0n) is 10.9. The van der Waals surface area contributed by atoms with Crippen LogP contribution in [0.3, 0.4) is 0 Å². The molecule has 1 heterocycles. The van der Waals surface area contributed by atoms with E-state index in [1.807, 2.05) is 0 Å². The van der Waals surface area contributed by atoms with E-state index < -0.39 is 5.97 Å². The van der Waals surface area contributed by atoms with Crippen molar-refractivity contribution in [1.82, 2.24) is 0 Å². The molecule has 1 aromatic heterocycles. The maximum Gasteiger partial charge on any atom is 0.335 e. The van der Waals surface area contributed by atoms with Crippen LogP contribution >= 0.6 is 15.9 Å². The van der Waals surface area contributed by atoms with E-state index in [1.54, 1.807) is 13.8 Å². The summed E-state index contributed by atoms with van der Waals surface area (Å²) in [4.78, 5) is 22.9. The Balaban J connectivity index is 2.21. The molecule has 0 unspecified atom stereocenters. The lowest BCUT2D eigenvalue weighted by Gasteiger charge is -2.05. The number of nitrogens with one attached hydrogen (secondary N) is 1. The third-order valence-corrected chi connectivity index (χ3v) is 3.76. The molecular formula is C14H12BrNO4. The van der Waals surface area contributed by atoms with E-state index in [0.29, 0.717) is 27.2 Å². The predicted molar refractivity (Wildman–Crippen MR) is 77.2 cm³/mol. The van der Waals surface area contributed by atoms with Gasteiger partial charge >= 0.3 is 5.97 Å². The first-order valence-electron chi connectivity index (χ1n) is 5.80. The van der Waals surface area contributed by atoms with Gasteiger partial charge < -0.3 is 14.8 Å². The summed E-state index contributed by atoms with van der Waals surface area (Å²) in [7, 11) is 0. The molecule has 0 aliphatic heterocycles. The van der Waals surface area contributed by atoms with E-state index in [9.17, 15) is 9.59 Å². The highest BCUT2D eigenvalue weighted by Gasteiger charge is 2.19. The lowest BCUT2D eigenvalue weighted by atomic mass is 10.2. The normalized spacial score (nSPS) is 10.3. The first-order chi connectivity index (χ1) is 9.40. The first-order valence-corrected chi connectivity index (χ1v) is 6.59. The summed E-state index contributed by atoms with van der Waals surface area (Å²) in [6, 6.07) is 5.94. The maximum absolute atomic E-state index is 12.2. The number of hydrogen-bond acceptors (Lipinski definition) is 3. The summed E-state index contributed by atoms with van der Waals surface area (Å²) in [5, 5.41) is 11.5. The zero-order valence-corrected chi connectivity index (χ0v) is 12.4. The molecule has 0 saturated heterocycles. The summed E-state index contributed by atoms with van der Waals surface area (Å²) in [6.07, 6.45) is 0. The van der Waals surface area contributed by atoms with Gasteiger partial charge in [-0.25, -0.2) is 4.79 Å². The molecule has 0 saturated carbocycles. The molecule has 104 valence electrons. The molecule has 20 heavy (non-hydrogen) atoms. The summed E-state index contributed by atoms with van der Waals surface area (Å²) >= 11 is 3.31. The molecule has 0 aliphatic carbocycles. The predicted octanol–water partition coefficient (Wildman–Crippen LogP) is 3.61. The van der Waals surface area contributed by atoms with Crippen LogP contribution in [-0.4, -0.2) is 17.0 Å². The maximum atomic E-state index is 12.2. The standard InChI is InChI=1S/C14H12BrNO4/c1-7-11(12(15)8(2)20-7)13(17)16-10-5-3-9(4-6-10)14(18)19/h3-6H,1-2H3,(H,16,17)(H,18,19). The average Bonchev–Trinajstić information content (AvgIpc) is 2.63. The van der Waals surface area contributed by atoms with Crippen molar-refractivity contribution in [2.45, 2.75) is 13.8 Å². The number of carboxylic acid groups (broad SMARTS) is 1. The van der Waals surface area contributed by atoms with Crippen LogP contribution in [0.15, 0.2) is 33.2 Å². The van der Waals surface area contributed by atoms with Crippen molar-refractivity contribution in [2.24, 2.45) is 0 Å². The number of benzene rings is 1. The van der Waals surface area contributed by atoms with Crippen molar-refractivity contribution in [3.63, 3.8) is 0 Å². The van der Waals surface area contributed by atoms with Crippen molar-refractivity contribution in [2.75, 3.05) is 5.32 Å². The number of halogens is 1. The van der Waals surface area contributed by atoms with Crippen LogP contribution in [0.25, 0.3) is 0 Å². The molecule has 0 atom stereocenters. The number of carbonyl (C=O) groups excluding carboxylic acids is 1. The molecule has 0 spiro atoms. The van der Waals surface area contributed by atoms with Crippen molar-refractivity contribution in [3.8, 4) is 0 Å². The molecule has 1 aromatic carbocycles. The summed E-state index contributed by atoms with van der Waals surface area (Å²) in [5.74, 6) is -0.163. The van der Waals surface area contributed by atoms with E-state index >= 15 is 0 Å². The molecule has 2 rings (SSSR count). The van der Waals surface area contributed by atoms with Crippen LogP contribution in [0.2, 0.25) is 0 Å². The topological polar surface area (TPSA) is 79.5 Å². The van der Waals surface area contributed by atoms with Crippen LogP contribution in [0.4, 0.5) is 5.69 Å². The van der Waals surface area contributed by atoms with Gasteiger partial charge in [-0.1, -0.05) is 0 Å². The Bertz CT molecular complexity index is 673. The van der Waals surface area contributed by atoms with E-state index in [2.05, 4.69) is 21.2 Å². The molecule has 0 aliphatic rings. The van der Waals surface area contributed by atoms with Gasteiger partial charge in [-0.3, -0.25) is 4.79 Å². The van der Waals surface area contributed by atoms with Crippen LogP contribution < -0.4 is 5.32 Å². The van der Waals surface area contributed by atoms with Crippen molar-refractivity contribution in [3.05, 3.63) is 51.4 Å². The first kappa shape index (κ1) is 14.3. The van der Waals surface area contributed by atoms with Crippen LogP contribution in [0.1, 0.15) is 32.2 Å². The Hall–Kier alpha value is -2.08. The lowest BCUT2D eigenvalue weighted by molar-refractivity contribution is 0.0696. The van der Waals surface area contributed by atoms with Crippen LogP contribution in [0, 0.1) is 13.8 Å². The van der Waals surface area contributed by atoms with Crippen LogP contribution in [0.5, 0.6) is 0 Å². The SMILES string of the molecule is Cc1oc(C)c(C(=O)Nc2ccc(C(=O)O)cc2)c1Br. The van der Waals surface area contributed by atoms with E-state index in [1.165, 1.54) is 24.3 Å². The number of aryl methyl sites for hydroxylation is 2. The molecule has 1 amide bonds. The summed E-state index contributed by atoms with van der Waals surface area (Å²) in [6.45, 7) is 3.47. The van der Waals surface area contributed by atoms with Gasteiger partial charge in [-0.05, 0) is 54.0 Å². The fraction of sp³-hybridized carbons (Fsp3) is 0.143. The van der Waals surface area contributed by atoms with Gasteiger partial charge in [0, 0.05) is 5.69 Å². The van der Waals surface area contributed by atoms with Gasteiger partial charge in [0.2, 0.25) is 0 Å². The van der Waals surface area contributed by atoms with Gasteiger partial charge in [0.25, 0.3) is 5.91 Å². The second kappa shape index (κ2) is 5.50. The van der Waals surface area contributed by atoms with Gasteiger partial charge in [0.15, 0.2) is 0 Å². The number of amides is 1. The fourth-order valence-corrected chi connectivity index (χ4v) is 2.35. The Morgan fingerprint density at radius 2 is 1.75 bits per heavy atom. The van der Waals surface area contributed by atoms with Crippen LogP contribution in [-0.2, 0) is 0 Å². The summed E-state index contributed by atoms with van der Waals surface area (Å²) in [5.41, 5.74) is 1.12. The highest BCUT2D eigenvalue weighted by atomic mass is 79.9. The van der Waals surface area contributed by atoms with E-state index in [4.69, 9.17) is 9.52 Å². The average molecular weight is 338 g/mol. The zero-order chi connectivity index (χ0) is 14.9. The second-order valence-corrected chi connectivity index (χ2v) is 5.03. The quantitative estimate of drug-likeness (QED) is 0.896.